The van der Waals surface area contributed by atoms with Crippen molar-refractivity contribution in [3.05, 3.63) is 41.3 Å². The van der Waals surface area contributed by atoms with Crippen LogP contribution in [0, 0.1) is 29.0 Å². The van der Waals surface area contributed by atoms with Crippen molar-refractivity contribution in [1.82, 2.24) is 9.97 Å². The Balaban J connectivity index is 1.77. The fourth-order valence-corrected chi connectivity index (χ4v) is 4.43. The Morgan fingerprint density at radius 1 is 1.33 bits per heavy atom. The zero-order valence-corrected chi connectivity index (χ0v) is 17.0. The zero-order valence-electron chi connectivity index (χ0n) is 17.0. The summed E-state index contributed by atoms with van der Waals surface area (Å²) in [4.78, 5) is 9.64. The van der Waals surface area contributed by atoms with Gasteiger partial charge in [-0.3, -0.25) is 0 Å². The Hall–Kier alpha value is -3.16. The molecule has 2 aromatic rings. The van der Waals surface area contributed by atoms with Gasteiger partial charge in [-0.05, 0) is 49.8 Å². The molecule has 154 valence electrons. The number of nitrogen functional groups attached to an aromatic ring is 1. The number of hydrogen-bond donors (Lipinski definition) is 2. The molecule has 0 bridgehead atoms. The second-order valence-corrected chi connectivity index (χ2v) is 8.43. The van der Waals surface area contributed by atoms with Gasteiger partial charge in [-0.25, -0.2) is 9.37 Å². The maximum Gasteiger partial charge on any atom is 0.222 e. The van der Waals surface area contributed by atoms with Crippen LogP contribution in [0.3, 0.4) is 0 Å². The minimum atomic E-state index is -0.923. The molecule has 7 heteroatoms. The predicted octanol–water partition coefficient (Wildman–Crippen LogP) is 3.57. The first-order chi connectivity index (χ1) is 14.3. The average Bonchev–Trinajstić information content (AvgIpc) is 3.29. The van der Waals surface area contributed by atoms with Gasteiger partial charge in [0.15, 0.2) is 11.6 Å². The summed E-state index contributed by atoms with van der Waals surface area (Å²) in [7, 11) is 0. The van der Waals surface area contributed by atoms with E-state index in [9.17, 15) is 9.50 Å². The van der Waals surface area contributed by atoms with E-state index in [0.29, 0.717) is 32.2 Å². The Morgan fingerprint density at radius 3 is 2.83 bits per heavy atom. The van der Waals surface area contributed by atoms with E-state index in [2.05, 4.69) is 34.8 Å². The average molecular weight is 405 g/mol. The Morgan fingerprint density at radius 2 is 2.10 bits per heavy atom. The van der Waals surface area contributed by atoms with Crippen molar-refractivity contribution in [2.45, 2.75) is 56.5 Å². The molecule has 4 rings (SSSR count). The Labute approximate surface area is 175 Å². The lowest BCUT2D eigenvalue weighted by molar-refractivity contribution is 0.110. The van der Waals surface area contributed by atoms with E-state index in [1.165, 1.54) is 0 Å². The first kappa shape index (κ1) is 20.1. The van der Waals surface area contributed by atoms with Crippen molar-refractivity contribution in [3.63, 3.8) is 0 Å². The van der Waals surface area contributed by atoms with Gasteiger partial charge >= 0.3 is 0 Å². The third-order valence-electron chi connectivity index (χ3n) is 6.10. The van der Waals surface area contributed by atoms with Crippen LogP contribution >= 0.6 is 0 Å². The van der Waals surface area contributed by atoms with Crippen molar-refractivity contribution < 1.29 is 9.50 Å². The maximum atomic E-state index is 14.6. The number of benzene rings is 1. The van der Waals surface area contributed by atoms with Gasteiger partial charge in [-0.15, -0.1) is 0 Å². The SMILES string of the molecule is CC1(CCC#N)CN(c2nc(N)ncc2F)c2cc(C#CC3(O)CCCC3)ccc21. The number of halogens is 1. The fraction of sp³-hybridized carbons (Fsp3) is 0.435. The van der Waals surface area contributed by atoms with Crippen molar-refractivity contribution in [1.29, 1.82) is 5.26 Å². The molecular formula is C23H24FN5O. The van der Waals surface area contributed by atoms with Crippen LogP contribution in [0.5, 0.6) is 0 Å². The van der Waals surface area contributed by atoms with Gasteiger partial charge in [-0.1, -0.05) is 24.8 Å². The van der Waals surface area contributed by atoms with E-state index in [4.69, 9.17) is 11.0 Å². The summed E-state index contributed by atoms with van der Waals surface area (Å²) in [6.45, 7) is 2.54. The smallest absolute Gasteiger partial charge is 0.222 e. The summed E-state index contributed by atoms with van der Waals surface area (Å²) in [6.07, 6.45) is 5.45. The molecule has 6 nitrogen and oxygen atoms in total. The number of aromatic nitrogens is 2. The molecule has 1 atom stereocenters. The van der Waals surface area contributed by atoms with Crippen molar-refractivity contribution in [2.75, 3.05) is 17.2 Å². The molecule has 1 aromatic carbocycles. The molecule has 30 heavy (non-hydrogen) atoms. The van der Waals surface area contributed by atoms with Gasteiger partial charge in [-0.2, -0.15) is 10.2 Å². The number of rotatable bonds is 3. The van der Waals surface area contributed by atoms with Crippen molar-refractivity contribution in [2.24, 2.45) is 0 Å². The topological polar surface area (TPSA) is 99.1 Å². The second-order valence-electron chi connectivity index (χ2n) is 8.43. The number of hydrogen-bond acceptors (Lipinski definition) is 6. The predicted molar refractivity (Wildman–Crippen MR) is 112 cm³/mol. The van der Waals surface area contributed by atoms with E-state index in [0.717, 1.165) is 35.9 Å². The molecule has 3 N–H and O–H groups in total. The molecule has 1 saturated carbocycles. The highest BCUT2D eigenvalue weighted by atomic mass is 19.1. The molecule has 0 radical (unpaired) electrons. The van der Waals surface area contributed by atoms with E-state index < -0.39 is 11.4 Å². The highest BCUT2D eigenvalue weighted by molar-refractivity contribution is 5.73. The van der Waals surface area contributed by atoms with Gasteiger partial charge in [0, 0.05) is 29.6 Å². The first-order valence-electron chi connectivity index (χ1n) is 10.2. The van der Waals surface area contributed by atoms with Crippen LogP contribution in [0.25, 0.3) is 0 Å². The standard InChI is InChI=1S/C23H24FN5O/c1-22(8-4-12-25)15-29(20-18(24)14-27-21(26)28-20)19-13-16(5-6-17(19)22)7-11-23(30)9-2-3-10-23/h5-6,13-14,30H,2-4,8-10,15H2,1H3,(H2,26,27,28). The van der Waals surface area contributed by atoms with Crippen LogP contribution in [-0.4, -0.2) is 27.2 Å². The summed E-state index contributed by atoms with van der Waals surface area (Å²) < 4.78 is 14.6. The van der Waals surface area contributed by atoms with E-state index in [-0.39, 0.29) is 17.2 Å². The second kappa shape index (κ2) is 7.59. The van der Waals surface area contributed by atoms with Crippen LogP contribution in [0.15, 0.2) is 24.4 Å². The highest BCUT2D eigenvalue weighted by Crippen LogP contribution is 2.47. The van der Waals surface area contributed by atoms with Gasteiger partial charge in [0.25, 0.3) is 0 Å². The molecule has 1 aliphatic carbocycles. The highest BCUT2D eigenvalue weighted by Gasteiger charge is 2.40. The molecule has 1 unspecified atom stereocenters. The number of fused-ring (bicyclic) bond motifs is 1. The minimum Gasteiger partial charge on any atom is -0.378 e. The van der Waals surface area contributed by atoms with Gasteiger partial charge < -0.3 is 15.7 Å². The normalized spacial score (nSPS) is 21.6. The molecule has 1 aromatic heterocycles. The van der Waals surface area contributed by atoms with E-state index >= 15 is 0 Å². The Bertz CT molecular complexity index is 1080. The van der Waals surface area contributed by atoms with Gasteiger partial charge in [0.2, 0.25) is 5.95 Å². The molecular weight excluding hydrogens is 381 g/mol. The van der Waals surface area contributed by atoms with Crippen LogP contribution in [0.4, 0.5) is 21.8 Å². The molecule has 0 amide bonds. The minimum absolute atomic E-state index is 0.00187. The third-order valence-corrected chi connectivity index (χ3v) is 6.10. The van der Waals surface area contributed by atoms with Gasteiger partial charge in [0.1, 0.15) is 5.60 Å². The largest absolute Gasteiger partial charge is 0.378 e. The third kappa shape index (κ3) is 3.69. The molecule has 2 aliphatic rings. The van der Waals surface area contributed by atoms with Crippen LogP contribution < -0.4 is 10.6 Å². The van der Waals surface area contributed by atoms with Crippen molar-refractivity contribution >= 4 is 17.5 Å². The maximum absolute atomic E-state index is 14.6. The number of nitrogens with two attached hydrogens (primary N) is 1. The zero-order chi connectivity index (χ0) is 21.4. The number of nitrogens with zero attached hydrogens (tertiary/aromatic N) is 4. The monoisotopic (exact) mass is 405 g/mol. The van der Waals surface area contributed by atoms with Crippen LogP contribution in [-0.2, 0) is 5.41 Å². The fourth-order valence-electron chi connectivity index (χ4n) is 4.43. The lowest BCUT2D eigenvalue weighted by atomic mass is 9.80. The summed E-state index contributed by atoms with van der Waals surface area (Å²) in [5, 5.41) is 19.6. The van der Waals surface area contributed by atoms with Gasteiger partial charge in [0.05, 0.1) is 12.3 Å². The summed E-state index contributed by atoms with van der Waals surface area (Å²) >= 11 is 0. The summed E-state index contributed by atoms with van der Waals surface area (Å²) in [6, 6.07) is 8.01. The number of nitriles is 1. The van der Waals surface area contributed by atoms with Crippen LogP contribution in [0.2, 0.25) is 0 Å². The first-order valence-corrected chi connectivity index (χ1v) is 10.2. The summed E-state index contributed by atoms with van der Waals surface area (Å²) in [5.74, 6) is 5.67. The lowest BCUT2D eigenvalue weighted by Crippen LogP contribution is -2.29. The lowest BCUT2D eigenvalue weighted by Gasteiger charge is -2.25. The molecule has 0 saturated heterocycles. The molecule has 2 heterocycles. The number of anilines is 3. The van der Waals surface area contributed by atoms with E-state index in [1.54, 1.807) is 4.90 Å². The molecule has 1 fully saturated rings. The van der Waals surface area contributed by atoms with Crippen LogP contribution in [0.1, 0.15) is 56.6 Å². The van der Waals surface area contributed by atoms with E-state index in [1.807, 2.05) is 18.2 Å². The molecule has 0 spiro atoms. The van der Waals surface area contributed by atoms with Crippen molar-refractivity contribution in [3.8, 4) is 17.9 Å². The summed E-state index contributed by atoms with van der Waals surface area (Å²) in [5.41, 5.74) is 7.00. The Kier molecular flexibility index (Phi) is 5.09. The quantitative estimate of drug-likeness (QED) is 0.758. The molecule has 1 aliphatic heterocycles. The number of aliphatic hydroxyl groups is 1.